The number of nitrogens with one attached hydrogen (secondary N) is 1. The molecular formula is C23H30N4O5. The van der Waals surface area contributed by atoms with Gasteiger partial charge in [-0.15, -0.1) is 0 Å². The van der Waals surface area contributed by atoms with Gasteiger partial charge >= 0.3 is 6.09 Å². The van der Waals surface area contributed by atoms with Crippen LogP contribution in [0, 0.1) is 0 Å². The number of carbonyl (C=O) groups excluding carboxylic acids is 4. The molecule has 0 spiro atoms. The minimum atomic E-state index is -0.585. The Balaban J connectivity index is 1.37. The van der Waals surface area contributed by atoms with E-state index >= 15 is 0 Å². The van der Waals surface area contributed by atoms with Crippen LogP contribution in [0.2, 0.25) is 0 Å². The first-order valence-electron chi connectivity index (χ1n) is 11.4. The Hall–Kier alpha value is -3.10. The first-order chi connectivity index (χ1) is 15.5. The smallest absolute Gasteiger partial charge is 0.409 e. The van der Waals surface area contributed by atoms with Gasteiger partial charge in [-0.25, -0.2) is 4.79 Å². The van der Waals surface area contributed by atoms with Crippen LogP contribution < -0.4 is 10.2 Å². The van der Waals surface area contributed by atoms with Crippen molar-refractivity contribution in [3.63, 3.8) is 0 Å². The molecule has 3 heterocycles. The molecule has 9 heteroatoms. The molecule has 0 aliphatic carbocycles. The van der Waals surface area contributed by atoms with Gasteiger partial charge in [0.2, 0.25) is 11.8 Å². The van der Waals surface area contributed by atoms with Gasteiger partial charge in [-0.2, -0.15) is 0 Å². The van der Waals surface area contributed by atoms with Crippen LogP contribution in [-0.2, 0) is 20.7 Å². The fraction of sp³-hybridized carbons (Fsp3) is 0.565. The molecule has 0 aromatic heterocycles. The summed E-state index contributed by atoms with van der Waals surface area (Å²) in [6, 6.07) is 5.22. The van der Waals surface area contributed by atoms with Crippen LogP contribution in [0.3, 0.4) is 0 Å². The lowest BCUT2D eigenvalue weighted by Crippen LogP contribution is -2.56. The van der Waals surface area contributed by atoms with Gasteiger partial charge in [-0.3, -0.25) is 19.7 Å². The van der Waals surface area contributed by atoms with Crippen molar-refractivity contribution < 1.29 is 23.9 Å². The average Bonchev–Trinajstić information content (AvgIpc) is 2.80. The Kier molecular flexibility index (Phi) is 6.62. The molecule has 172 valence electrons. The Labute approximate surface area is 187 Å². The van der Waals surface area contributed by atoms with Gasteiger partial charge < -0.3 is 19.4 Å². The monoisotopic (exact) mass is 442 g/mol. The maximum atomic E-state index is 13.0. The average molecular weight is 443 g/mol. The van der Waals surface area contributed by atoms with E-state index in [1.54, 1.807) is 9.80 Å². The van der Waals surface area contributed by atoms with Crippen LogP contribution >= 0.6 is 0 Å². The molecule has 0 saturated carbocycles. The SMILES string of the molecule is CCCCOC(=O)N1CCN(c2ccc3c(c2)CCN(C2CCC(=O)NC2=O)C3=O)CC1. The van der Waals surface area contributed by atoms with Crippen molar-refractivity contribution in [2.75, 3.05) is 44.2 Å². The third-order valence-corrected chi connectivity index (χ3v) is 6.41. The van der Waals surface area contributed by atoms with E-state index < -0.39 is 6.04 Å². The standard InChI is InChI=1S/C23H30N4O5/c1-2-3-14-32-23(31)26-12-10-25(11-13-26)17-4-5-18-16(15-17)8-9-27(22(18)30)19-6-7-20(28)24-21(19)29/h4-5,15,19H,2-3,6-14H2,1H3,(H,24,28,29). The van der Waals surface area contributed by atoms with E-state index in [9.17, 15) is 19.2 Å². The molecular weight excluding hydrogens is 412 g/mol. The van der Waals surface area contributed by atoms with E-state index in [-0.39, 0.29) is 30.2 Å². The van der Waals surface area contributed by atoms with Crippen molar-refractivity contribution in [3.8, 4) is 0 Å². The highest BCUT2D eigenvalue weighted by Crippen LogP contribution is 2.28. The maximum Gasteiger partial charge on any atom is 0.409 e. The molecule has 1 aromatic carbocycles. The molecule has 4 rings (SSSR count). The maximum absolute atomic E-state index is 13.0. The second kappa shape index (κ2) is 9.58. The van der Waals surface area contributed by atoms with Crippen molar-refractivity contribution in [2.24, 2.45) is 0 Å². The van der Waals surface area contributed by atoms with Crippen LogP contribution in [-0.4, -0.2) is 79.0 Å². The molecule has 9 nitrogen and oxygen atoms in total. The molecule has 3 aliphatic heterocycles. The number of ether oxygens (including phenoxy) is 1. The Morgan fingerprint density at radius 1 is 1.09 bits per heavy atom. The molecule has 3 aliphatic rings. The van der Waals surface area contributed by atoms with E-state index in [1.807, 2.05) is 18.2 Å². The number of hydrogen-bond acceptors (Lipinski definition) is 6. The number of nitrogens with zero attached hydrogens (tertiary/aromatic N) is 3. The van der Waals surface area contributed by atoms with E-state index in [1.165, 1.54) is 0 Å². The Bertz CT molecular complexity index is 910. The lowest BCUT2D eigenvalue weighted by Gasteiger charge is -2.38. The largest absolute Gasteiger partial charge is 0.449 e. The number of piperidine rings is 1. The molecule has 1 aromatic rings. The topological polar surface area (TPSA) is 99.3 Å². The van der Waals surface area contributed by atoms with Crippen molar-refractivity contribution in [1.82, 2.24) is 15.1 Å². The van der Waals surface area contributed by atoms with E-state index in [4.69, 9.17) is 4.74 Å². The van der Waals surface area contributed by atoms with Gasteiger partial charge in [0.05, 0.1) is 6.61 Å². The fourth-order valence-electron chi connectivity index (χ4n) is 4.51. The quantitative estimate of drug-likeness (QED) is 0.549. The first kappa shape index (κ1) is 22.1. The van der Waals surface area contributed by atoms with Gasteiger partial charge in [-0.05, 0) is 43.0 Å². The van der Waals surface area contributed by atoms with Crippen molar-refractivity contribution in [2.45, 2.75) is 45.1 Å². The highest BCUT2D eigenvalue weighted by atomic mass is 16.6. The Morgan fingerprint density at radius 2 is 1.88 bits per heavy atom. The van der Waals surface area contributed by atoms with E-state index in [0.717, 1.165) is 24.1 Å². The lowest BCUT2D eigenvalue weighted by atomic mass is 9.94. The summed E-state index contributed by atoms with van der Waals surface area (Å²) in [5.41, 5.74) is 2.62. The zero-order valence-corrected chi connectivity index (χ0v) is 18.5. The van der Waals surface area contributed by atoms with Crippen LogP contribution in [0.25, 0.3) is 0 Å². The highest BCUT2D eigenvalue weighted by molar-refractivity contribution is 6.04. The summed E-state index contributed by atoms with van der Waals surface area (Å²) in [6.07, 6.45) is 2.91. The van der Waals surface area contributed by atoms with Crippen LogP contribution in [0.4, 0.5) is 10.5 Å². The summed E-state index contributed by atoms with van der Waals surface area (Å²) < 4.78 is 5.30. The van der Waals surface area contributed by atoms with Gasteiger partial charge in [0.15, 0.2) is 0 Å². The molecule has 0 radical (unpaired) electrons. The number of hydrogen-bond donors (Lipinski definition) is 1. The molecule has 4 amide bonds. The van der Waals surface area contributed by atoms with Gasteiger partial charge in [0.1, 0.15) is 6.04 Å². The molecule has 1 atom stereocenters. The van der Waals surface area contributed by atoms with Gasteiger partial charge in [0, 0.05) is 50.4 Å². The number of amides is 4. The third kappa shape index (κ3) is 4.56. The number of fused-ring (bicyclic) bond motifs is 1. The second-order valence-electron chi connectivity index (χ2n) is 8.50. The molecule has 1 unspecified atom stereocenters. The van der Waals surface area contributed by atoms with Crippen molar-refractivity contribution in [1.29, 1.82) is 0 Å². The van der Waals surface area contributed by atoms with E-state index in [2.05, 4.69) is 17.1 Å². The number of unbranched alkanes of at least 4 members (excludes halogenated alkanes) is 1. The van der Waals surface area contributed by atoms with Gasteiger partial charge in [-0.1, -0.05) is 13.3 Å². The summed E-state index contributed by atoms with van der Waals surface area (Å²) in [5, 5.41) is 2.33. The van der Waals surface area contributed by atoms with Crippen molar-refractivity contribution >= 4 is 29.5 Å². The Morgan fingerprint density at radius 3 is 2.59 bits per heavy atom. The second-order valence-corrected chi connectivity index (χ2v) is 8.50. The van der Waals surface area contributed by atoms with Crippen LogP contribution in [0.5, 0.6) is 0 Å². The summed E-state index contributed by atoms with van der Waals surface area (Å²) in [7, 11) is 0. The molecule has 2 saturated heterocycles. The number of benzene rings is 1. The molecule has 2 fully saturated rings. The summed E-state index contributed by atoms with van der Waals surface area (Å²) in [6.45, 7) is 5.60. The first-order valence-corrected chi connectivity index (χ1v) is 11.4. The predicted octanol–water partition coefficient (Wildman–Crippen LogP) is 1.55. The van der Waals surface area contributed by atoms with Crippen molar-refractivity contribution in [3.05, 3.63) is 29.3 Å². The number of imide groups is 1. The fourth-order valence-corrected chi connectivity index (χ4v) is 4.51. The van der Waals surface area contributed by atoms with E-state index in [0.29, 0.717) is 57.7 Å². The predicted molar refractivity (Wildman–Crippen MR) is 117 cm³/mol. The zero-order chi connectivity index (χ0) is 22.7. The summed E-state index contributed by atoms with van der Waals surface area (Å²) in [5.74, 6) is -0.831. The normalized spacial score (nSPS) is 21.3. The molecule has 0 bridgehead atoms. The number of piperazine rings is 1. The molecule has 32 heavy (non-hydrogen) atoms. The zero-order valence-electron chi connectivity index (χ0n) is 18.5. The highest BCUT2D eigenvalue weighted by Gasteiger charge is 2.37. The summed E-state index contributed by atoms with van der Waals surface area (Å²) in [4.78, 5) is 54.4. The minimum Gasteiger partial charge on any atom is -0.449 e. The van der Waals surface area contributed by atoms with Crippen LogP contribution in [0.1, 0.15) is 48.5 Å². The summed E-state index contributed by atoms with van der Waals surface area (Å²) >= 11 is 0. The van der Waals surface area contributed by atoms with Gasteiger partial charge in [0.25, 0.3) is 5.91 Å². The minimum absolute atomic E-state index is 0.160. The lowest BCUT2D eigenvalue weighted by molar-refractivity contribution is -0.136. The third-order valence-electron chi connectivity index (χ3n) is 6.41. The number of rotatable bonds is 5. The number of anilines is 1. The number of carbonyl (C=O) groups is 4. The van der Waals surface area contributed by atoms with Crippen LogP contribution in [0.15, 0.2) is 18.2 Å². The molecule has 1 N–H and O–H groups in total.